The number of ether oxygens (including phenoxy) is 5. The summed E-state index contributed by atoms with van der Waals surface area (Å²) in [6.45, 7) is 1.42. The van der Waals surface area contributed by atoms with E-state index in [4.69, 9.17) is 28.8 Å². The molecule has 0 radical (unpaired) electrons. The van der Waals surface area contributed by atoms with Crippen molar-refractivity contribution in [3.05, 3.63) is 24.3 Å². The first-order valence-corrected chi connectivity index (χ1v) is 14.4. The molecule has 0 aromatic heterocycles. The minimum Gasteiger partial charge on any atom is -0.481 e. The second-order valence-electron chi connectivity index (χ2n) is 10.3. The van der Waals surface area contributed by atoms with Crippen molar-refractivity contribution in [1.82, 2.24) is 14.7 Å². The van der Waals surface area contributed by atoms with Gasteiger partial charge >= 0.3 is 5.97 Å². The molecule has 5 amide bonds. The maximum Gasteiger partial charge on any atom is 0.305 e. The summed E-state index contributed by atoms with van der Waals surface area (Å²) in [4.78, 5) is 87.0. The number of imide groups is 2. The van der Waals surface area contributed by atoms with Crippen LogP contribution < -0.4 is 0 Å². The zero-order valence-electron chi connectivity index (χ0n) is 25.4. The van der Waals surface area contributed by atoms with E-state index in [0.29, 0.717) is 26.1 Å². The summed E-state index contributed by atoms with van der Waals surface area (Å²) >= 11 is 0. The Morgan fingerprint density at radius 3 is 1.51 bits per heavy atom. The van der Waals surface area contributed by atoms with Crippen LogP contribution in [0, 0.1) is 5.41 Å². The molecule has 0 bridgehead atoms. The molecular formula is C29H41N3O13. The van der Waals surface area contributed by atoms with Crippen LogP contribution in [0.5, 0.6) is 0 Å². The third-order valence-electron chi connectivity index (χ3n) is 6.62. The van der Waals surface area contributed by atoms with Crippen LogP contribution in [-0.4, -0.2) is 154 Å². The van der Waals surface area contributed by atoms with Gasteiger partial charge in [0.2, 0.25) is 5.91 Å². The van der Waals surface area contributed by atoms with Crippen molar-refractivity contribution in [1.29, 1.82) is 0 Å². The molecule has 0 aliphatic carbocycles. The largest absolute Gasteiger partial charge is 0.481 e. The zero-order chi connectivity index (χ0) is 33.1. The third-order valence-corrected chi connectivity index (χ3v) is 6.62. The Morgan fingerprint density at radius 1 is 0.711 bits per heavy atom. The van der Waals surface area contributed by atoms with Crippen LogP contribution in [0.4, 0.5) is 0 Å². The fourth-order valence-corrected chi connectivity index (χ4v) is 4.42. The van der Waals surface area contributed by atoms with Gasteiger partial charge in [-0.15, -0.1) is 0 Å². The lowest BCUT2D eigenvalue weighted by Crippen LogP contribution is -2.56. The summed E-state index contributed by atoms with van der Waals surface area (Å²) in [6, 6.07) is 0. The highest BCUT2D eigenvalue weighted by Gasteiger charge is 2.43. The molecule has 0 saturated heterocycles. The number of amides is 5. The number of rotatable bonds is 26. The predicted molar refractivity (Wildman–Crippen MR) is 153 cm³/mol. The van der Waals surface area contributed by atoms with E-state index in [1.807, 2.05) is 0 Å². The van der Waals surface area contributed by atoms with E-state index >= 15 is 0 Å². The number of carboxylic acids is 1. The number of hydrogen-bond acceptors (Lipinski definition) is 12. The van der Waals surface area contributed by atoms with Gasteiger partial charge in [-0.3, -0.25) is 38.6 Å². The third kappa shape index (κ3) is 13.8. The zero-order valence-corrected chi connectivity index (χ0v) is 25.4. The van der Waals surface area contributed by atoms with Gasteiger partial charge in [-0.25, -0.2) is 0 Å². The summed E-state index contributed by atoms with van der Waals surface area (Å²) in [5.41, 5.74) is -1.26. The lowest BCUT2D eigenvalue weighted by Gasteiger charge is -2.40. The van der Waals surface area contributed by atoms with Crippen LogP contribution in [0.1, 0.15) is 19.3 Å². The number of nitrogens with zero attached hydrogens (tertiary/aromatic N) is 3. The topological polar surface area (TPSA) is 196 Å². The second-order valence-corrected chi connectivity index (χ2v) is 10.3. The monoisotopic (exact) mass is 639 g/mol. The van der Waals surface area contributed by atoms with Gasteiger partial charge < -0.3 is 38.5 Å². The van der Waals surface area contributed by atoms with Crippen molar-refractivity contribution >= 4 is 41.8 Å². The molecule has 2 heterocycles. The first-order chi connectivity index (χ1) is 21.6. The van der Waals surface area contributed by atoms with E-state index in [-0.39, 0.29) is 91.1 Å². The van der Waals surface area contributed by atoms with Crippen molar-refractivity contribution in [2.24, 2.45) is 5.41 Å². The molecule has 16 nitrogen and oxygen atoms in total. The number of carbonyl (C=O) groups excluding carboxylic acids is 6. The molecular weight excluding hydrogens is 598 g/mol. The Bertz CT molecular complexity index is 1030. The fourth-order valence-electron chi connectivity index (χ4n) is 4.42. The Hall–Kier alpha value is -3.83. The van der Waals surface area contributed by atoms with E-state index in [0.717, 1.165) is 34.1 Å². The number of aliphatic carboxylic acids is 1. The highest BCUT2D eigenvalue weighted by Crippen LogP contribution is 2.27. The van der Waals surface area contributed by atoms with Crippen molar-refractivity contribution < 1.29 is 62.4 Å². The molecule has 0 saturated carbocycles. The van der Waals surface area contributed by atoms with Crippen LogP contribution in [-0.2, 0) is 57.2 Å². The Balaban J connectivity index is 1.87. The molecule has 0 aromatic rings. The number of carboxylic acid groups (broad SMARTS) is 1. The molecule has 2 aliphatic rings. The molecule has 45 heavy (non-hydrogen) atoms. The summed E-state index contributed by atoms with van der Waals surface area (Å²) in [7, 11) is 1.49. The lowest BCUT2D eigenvalue weighted by atomic mass is 9.86. The van der Waals surface area contributed by atoms with Crippen molar-refractivity contribution in [3.63, 3.8) is 0 Å². The molecule has 250 valence electrons. The Kier molecular flexibility index (Phi) is 16.8. The number of aldehydes is 1. The molecule has 0 atom stereocenters. The van der Waals surface area contributed by atoms with Crippen molar-refractivity contribution in [3.8, 4) is 0 Å². The van der Waals surface area contributed by atoms with E-state index < -0.39 is 35.0 Å². The lowest BCUT2D eigenvalue weighted by molar-refractivity contribution is -0.145. The molecule has 0 fully saturated rings. The van der Waals surface area contributed by atoms with Gasteiger partial charge in [0, 0.05) is 69.2 Å². The molecule has 0 aromatic carbocycles. The van der Waals surface area contributed by atoms with Crippen LogP contribution in [0.25, 0.3) is 0 Å². The van der Waals surface area contributed by atoms with E-state index in [1.165, 1.54) is 11.9 Å². The van der Waals surface area contributed by atoms with Gasteiger partial charge in [0.25, 0.3) is 23.6 Å². The summed E-state index contributed by atoms with van der Waals surface area (Å²) in [5.74, 6) is -3.60. The van der Waals surface area contributed by atoms with Crippen molar-refractivity contribution in [2.75, 3.05) is 92.8 Å². The van der Waals surface area contributed by atoms with Crippen LogP contribution in [0.15, 0.2) is 24.3 Å². The minimum absolute atomic E-state index is 0.00588. The first kappa shape index (κ1) is 37.4. The Morgan fingerprint density at radius 2 is 1.11 bits per heavy atom. The molecule has 2 rings (SSSR count). The predicted octanol–water partition coefficient (Wildman–Crippen LogP) is -1.18. The van der Waals surface area contributed by atoms with Gasteiger partial charge in [-0.05, 0) is 0 Å². The average Bonchev–Trinajstić information content (AvgIpc) is 3.49. The highest BCUT2D eigenvalue weighted by molar-refractivity contribution is 6.13. The molecule has 1 N–H and O–H groups in total. The molecule has 16 heteroatoms. The van der Waals surface area contributed by atoms with Crippen LogP contribution in [0.3, 0.4) is 0 Å². The van der Waals surface area contributed by atoms with E-state index in [9.17, 15) is 33.6 Å². The molecule has 0 spiro atoms. The van der Waals surface area contributed by atoms with Crippen molar-refractivity contribution in [2.45, 2.75) is 19.3 Å². The maximum atomic E-state index is 12.7. The summed E-state index contributed by atoms with van der Waals surface area (Å²) in [5, 5.41) is 8.53. The SMILES string of the molecule is CN(CC(COCCOCCOCCOCCOCCC(=O)O)(CN1C(=O)C=CC1=O)CN1C(=O)C=CC1=O)C(=O)CCC=O. The number of carbonyl (C=O) groups is 7. The van der Waals surface area contributed by atoms with Gasteiger partial charge in [-0.2, -0.15) is 0 Å². The number of hydrogen-bond donors (Lipinski definition) is 1. The summed E-state index contributed by atoms with van der Waals surface area (Å²) < 4.78 is 27.2. The highest BCUT2D eigenvalue weighted by atomic mass is 16.6. The summed E-state index contributed by atoms with van der Waals surface area (Å²) in [6.07, 6.45) is 4.95. The quantitative estimate of drug-likeness (QED) is 0.0675. The average molecular weight is 640 g/mol. The van der Waals surface area contributed by atoms with Crippen LogP contribution >= 0.6 is 0 Å². The van der Waals surface area contributed by atoms with Gasteiger partial charge in [0.1, 0.15) is 6.29 Å². The van der Waals surface area contributed by atoms with Gasteiger partial charge in [0.05, 0.1) is 72.5 Å². The fraction of sp³-hybridized carbons (Fsp3) is 0.621. The van der Waals surface area contributed by atoms with E-state index in [1.54, 1.807) is 0 Å². The van der Waals surface area contributed by atoms with Crippen LogP contribution in [0.2, 0.25) is 0 Å². The second kappa shape index (κ2) is 20.2. The molecule has 2 aliphatic heterocycles. The first-order valence-electron chi connectivity index (χ1n) is 14.4. The Labute approximate surface area is 260 Å². The standard InChI is InChI=1S/C29H41N3O13/c1-30(23(34)3-2-9-33)19-29(20-31-24(35)4-5-25(31)36,21-32-26(37)6-7-27(32)38)22-45-18-17-44-16-15-43-14-13-42-12-11-41-10-8-28(39)40/h4-7,9H,2-3,8,10-22H2,1H3,(H,39,40). The van der Waals surface area contributed by atoms with Gasteiger partial charge in [-0.1, -0.05) is 0 Å². The van der Waals surface area contributed by atoms with E-state index in [2.05, 4.69) is 0 Å². The molecule has 0 unspecified atom stereocenters. The maximum absolute atomic E-state index is 12.7. The van der Waals surface area contributed by atoms with Gasteiger partial charge in [0.15, 0.2) is 0 Å². The minimum atomic E-state index is -1.26. The smallest absolute Gasteiger partial charge is 0.305 e. The normalized spacial score (nSPS) is 14.7.